The third kappa shape index (κ3) is 4.66. The van der Waals surface area contributed by atoms with Crippen molar-refractivity contribution in [3.05, 3.63) is 59.9 Å². The second-order valence-corrected chi connectivity index (χ2v) is 6.90. The van der Waals surface area contributed by atoms with Gasteiger partial charge in [0.15, 0.2) is 0 Å². The van der Waals surface area contributed by atoms with Gasteiger partial charge in [0.25, 0.3) is 0 Å². The molecule has 2 aromatic rings. The number of rotatable bonds is 4. The van der Waals surface area contributed by atoms with Gasteiger partial charge in [-0.3, -0.25) is 0 Å². The molecule has 20 heavy (non-hydrogen) atoms. The fourth-order valence-electron chi connectivity index (χ4n) is 1.72. The Morgan fingerprint density at radius 2 is 1.75 bits per heavy atom. The highest BCUT2D eigenvalue weighted by molar-refractivity contribution is 7.99. The Kier molecular flexibility index (Phi) is 4.84. The molecular formula is C17H20FNS. The SMILES string of the molecule is CC(C)(C)NCc1ccc(Sc2ccccc2)c(F)c1. The van der Waals surface area contributed by atoms with Crippen LogP contribution in [0.15, 0.2) is 58.3 Å². The molecule has 2 rings (SSSR count). The lowest BCUT2D eigenvalue weighted by molar-refractivity contribution is 0.423. The summed E-state index contributed by atoms with van der Waals surface area (Å²) in [4.78, 5) is 1.71. The van der Waals surface area contributed by atoms with Gasteiger partial charge in [0.1, 0.15) is 5.82 Å². The van der Waals surface area contributed by atoms with Crippen LogP contribution in [0.5, 0.6) is 0 Å². The summed E-state index contributed by atoms with van der Waals surface area (Å²) in [6, 6.07) is 15.3. The first-order valence-corrected chi connectivity index (χ1v) is 7.52. The minimum Gasteiger partial charge on any atom is -0.308 e. The van der Waals surface area contributed by atoms with Crippen LogP contribution in [0.1, 0.15) is 26.3 Å². The molecule has 0 atom stereocenters. The smallest absolute Gasteiger partial charge is 0.137 e. The van der Waals surface area contributed by atoms with Gasteiger partial charge in [-0.2, -0.15) is 0 Å². The lowest BCUT2D eigenvalue weighted by atomic mass is 10.1. The summed E-state index contributed by atoms with van der Waals surface area (Å²) in [5, 5.41) is 3.36. The van der Waals surface area contributed by atoms with Gasteiger partial charge < -0.3 is 5.32 Å². The van der Waals surface area contributed by atoms with E-state index in [0.717, 1.165) is 10.5 Å². The molecule has 0 aliphatic heterocycles. The Labute approximate surface area is 124 Å². The van der Waals surface area contributed by atoms with E-state index in [1.807, 2.05) is 42.5 Å². The third-order valence-corrected chi connectivity index (χ3v) is 3.85. The van der Waals surface area contributed by atoms with Gasteiger partial charge in [-0.15, -0.1) is 0 Å². The van der Waals surface area contributed by atoms with Crippen molar-refractivity contribution in [3.63, 3.8) is 0 Å². The van der Waals surface area contributed by atoms with E-state index in [1.54, 1.807) is 6.07 Å². The van der Waals surface area contributed by atoms with Crippen LogP contribution in [-0.4, -0.2) is 5.54 Å². The molecule has 2 aromatic carbocycles. The lowest BCUT2D eigenvalue weighted by Crippen LogP contribution is -2.35. The molecule has 1 nitrogen and oxygen atoms in total. The fourth-order valence-corrected chi connectivity index (χ4v) is 2.56. The zero-order valence-electron chi connectivity index (χ0n) is 12.1. The molecule has 0 saturated heterocycles. The van der Waals surface area contributed by atoms with E-state index in [9.17, 15) is 4.39 Å². The normalized spacial score (nSPS) is 11.6. The number of hydrogen-bond acceptors (Lipinski definition) is 2. The van der Waals surface area contributed by atoms with Crippen LogP contribution in [0.4, 0.5) is 4.39 Å². The van der Waals surface area contributed by atoms with Gasteiger partial charge in [-0.1, -0.05) is 36.0 Å². The molecule has 0 spiro atoms. The Balaban J connectivity index is 2.06. The van der Waals surface area contributed by atoms with Crippen molar-refractivity contribution >= 4 is 11.8 Å². The van der Waals surface area contributed by atoms with Gasteiger partial charge in [0.2, 0.25) is 0 Å². The van der Waals surface area contributed by atoms with E-state index < -0.39 is 0 Å². The highest BCUT2D eigenvalue weighted by Gasteiger charge is 2.10. The summed E-state index contributed by atoms with van der Waals surface area (Å²) >= 11 is 1.45. The molecule has 0 unspecified atom stereocenters. The molecule has 0 bridgehead atoms. The topological polar surface area (TPSA) is 12.0 Å². The number of halogens is 1. The summed E-state index contributed by atoms with van der Waals surface area (Å²) in [5.74, 6) is -0.160. The molecule has 0 saturated carbocycles. The molecular weight excluding hydrogens is 269 g/mol. The first-order chi connectivity index (χ1) is 9.44. The van der Waals surface area contributed by atoms with E-state index in [1.165, 1.54) is 11.8 Å². The van der Waals surface area contributed by atoms with E-state index >= 15 is 0 Å². The van der Waals surface area contributed by atoms with Crippen molar-refractivity contribution in [3.8, 4) is 0 Å². The van der Waals surface area contributed by atoms with Crippen molar-refractivity contribution in [1.29, 1.82) is 0 Å². The molecule has 0 aromatic heterocycles. The molecule has 0 radical (unpaired) electrons. The number of benzene rings is 2. The Morgan fingerprint density at radius 1 is 1.05 bits per heavy atom. The Bertz CT molecular complexity index is 561. The quantitative estimate of drug-likeness (QED) is 0.862. The first kappa shape index (κ1) is 15.1. The van der Waals surface area contributed by atoms with Gasteiger partial charge in [-0.05, 0) is 50.6 Å². The van der Waals surface area contributed by atoms with Crippen LogP contribution in [0.2, 0.25) is 0 Å². The fraction of sp³-hybridized carbons (Fsp3) is 0.294. The molecule has 0 aliphatic carbocycles. The van der Waals surface area contributed by atoms with Crippen molar-refractivity contribution in [2.75, 3.05) is 0 Å². The second-order valence-electron chi connectivity index (χ2n) is 5.78. The maximum Gasteiger partial charge on any atom is 0.137 e. The van der Waals surface area contributed by atoms with Crippen LogP contribution >= 0.6 is 11.8 Å². The molecule has 106 valence electrons. The van der Waals surface area contributed by atoms with Crippen LogP contribution in [0.25, 0.3) is 0 Å². The van der Waals surface area contributed by atoms with Crippen LogP contribution < -0.4 is 5.32 Å². The zero-order chi connectivity index (χ0) is 14.6. The minimum atomic E-state index is -0.160. The van der Waals surface area contributed by atoms with E-state index in [-0.39, 0.29) is 11.4 Å². The van der Waals surface area contributed by atoms with Crippen LogP contribution in [0.3, 0.4) is 0 Å². The number of nitrogens with one attached hydrogen (secondary N) is 1. The molecule has 0 fully saturated rings. The van der Waals surface area contributed by atoms with Crippen molar-refractivity contribution < 1.29 is 4.39 Å². The predicted molar refractivity (Wildman–Crippen MR) is 83.6 cm³/mol. The van der Waals surface area contributed by atoms with Crippen LogP contribution in [0, 0.1) is 5.82 Å². The third-order valence-electron chi connectivity index (χ3n) is 2.79. The van der Waals surface area contributed by atoms with E-state index in [4.69, 9.17) is 0 Å². The van der Waals surface area contributed by atoms with Crippen molar-refractivity contribution in [2.24, 2.45) is 0 Å². The molecule has 0 aliphatic rings. The maximum absolute atomic E-state index is 14.1. The van der Waals surface area contributed by atoms with Gasteiger partial charge in [0, 0.05) is 21.9 Å². The standard InChI is InChI=1S/C17H20FNS/c1-17(2,3)19-12-13-9-10-16(15(18)11-13)20-14-7-5-4-6-8-14/h4-11,19H,12H2,1-3H3. The monoisotopic (exact) mass is 289 g/mol. The van der Waals surface area contributed by atoms with Crippen molar-refractivity contribution in [1.82, 2.24) is 5.32 Å². The summed E-state index contributed by atoms with van der Waals surface area (Å²) in [6.45, 7) is 6.98. The molecule has 0 heterocycles. The summed E-state index contributed by atoms with van der Waals surface area (Å²) < 4.78 is 14.1. The van der Waals surface area contributed by atoms with Gasteiger partial charge >= 0.3 is 0 Å². The Hall–Kier alpha value is -1.32. The molecule has 3 heteroatoms. The second kappa shape index (κ2) is 6.42. The van der Waals surface area contributed by atoms with E-state index in [2.05, 4.69) is 26.1 Å². The maximum atomic E-state index is 14.1. The molecule has 0 amide bonds. The summed E-state index contributed by atoms with van der Waals surface area (Å²) in [7, 11) is 0. The van der Waals surface area contributed by atoms with Gasteiger partial charge in [-0.25, -0.2) is 4.39 Å². The lowest BCUT2D eigenvalue weighted by Gasteiger charge is -2.20. The average molecular weight is 289 g/mol. The van der Waals surface area contributed by atoms with Crippen molar-refractivity contribution in [2.45, 2.75) is 42.6 Å². The molecule has 1 N–H and O–H groups in total. The highest BCUT2D eigenvalue weighted by atomic mass is 32.2. The number of hydrogen-bond donors (Lipinski definition) is 1. The highest BCUT2D eigenvalue weighted by Crippen LogP contribution is 2.30. The van der Waals surface area contributed by atoms with Gasteiger partial charge in [0.05, 0.1) is 0 Å². The largest absolute Gasteiger partial charge is 0.308 e. The predicted octanol–water partition coefficient (Wildman–Crippen LogP) is 4.87. The zero-order valence-corrected chi connectivity index (χ0v) is 12.9. The summed E-state index contributed by atoms with van der Waals surface area (Å²) in [5.41, 5.74) is 1.00. The average Bonchev–Trinajstić information content (AvgIpc) is 2.40. The van der Waals surface area contributed by atoms with E-state index in [0.29, 0.717) is 11.4 Å². The first-order valence-electron chi connectivity index (χ1n) is 6.70. The minimum absolute atomic E-state index is 0.0357. The van der Waals surface area contributed by atoms with Crippen LogP contribution in [-0.2, 0) is 6.54 Å². The summed E-state index contributed by atoms with van der Waals surface area (Å²) in [6.07, 6.45) is 0. The Morgan fingerprint density at radius 3 is 2.35 bits per heavy atom.